The maximum atomic E-state index is 13.6. The number of amides is 1. The average Bonchev–Trinajstić information content (AvgIpc) is 3.19. The highest BCUT2D eigenvalue weighted by Crippen LogP contribution is 2.69. The molecule has 2 aliphatic carbocycles. The van der Waals surface area contributed by atoms with Crippen molar-refractivity contribution < 1.29 is 4.79 Å². The molecule has 2 N–H and O–H groups in total. The van der Waals surface area contributed by atoms with E-state index in [0.29, 0.717) is 23.1 Å². The van der Waals surface area contributed by atoms with E-state index in [1.54, 1.807) is 6.34 Å². The van der Waals surface area contributed by atoms with Crippen LogP contribution in [0.15, 0.2) is 29.3 Å². The van der Waals surface area contributed by atoms with E-state index in [1.807, 2.05) is 6.20 Å². The lowest BCUT2D eigenvalue weighted by molar-refractivity contribution is -0.138. The Hall–Kier alpha value is -1.63. The fourth-order valence-electron chi connectivity index (χ4n) is 6.17. The van der Waals surface area contributed by atoms with Crippen LogP contribution >= 0.6 is 10.0 Å². The Morgan fingerprint density at radius 2 is 2.10 bits per heavy atom. The maximum absolute atomic E-state index is 13.6. The zero-order valence-corrected chi connectivity index (χ0v) is 19.8. The molecule has 3 unspecified atom stereocenters. The molecule has 0 aromatic rings. The highest BCUT2D eigenvalue weighted by atomic mass is 32.3. The zero-order valence-electron chi connectivity index (χ0n) is 19.0. The van der Waals surface area contributed by atoms with Crippen LogP contribution in [0.2, 0.25) is 0 Å². The van der Waals surface area contributed by atoms with Gasteiger partial charge < -0.3 is 20.4 Å². The molecule has 7 heteroatoms. The molecule has 0 aromatic carbocycles. The van der Waals surface area contributed by atoms with Crippen LogP contribution < -0.4 is 10.6 Å². The number of fused-ring (bicyclic) bond motifs is 1. The number of likely N-dealkylation sites (N-methyl/N-ethyl adjacent to an activating group) is 1. The summed E-state index contributed by atoms with van der Waals surface area (Å²) in [5.74, 6) is 6.67. The number of carbonyl (C=O) groups excluding carboxylic acids is 1. The van der Waals surface area contributed by atoms with Crippen molar-refractivity contribution in [1.29, 1.82) is 0 Å². The summed E-state index contributed by atoms with van der Waals surface area (Å²) in [4.78, 5) is 22.6. The summed E-state index contributed by atoms with van der Waals surface area (Å²) < 4.78 is 0. The van der Waals surface area contributed by atoms with E-state index in [1.165, 1.54) is 55.7 Å². The SMILES string of the molecule is C=C(/N=C\N/C=C1/CCCN1)N(C)[C@H]1CN(C(=O)C2CCCCC3CCC32)CS12CC2. The first-order chi connectivity index (χ1) is 15.1. The Kier molecular flexibility index (Phi) is 5.97. The van der Waals surface area contributed by atoms with E-state index < -0.39 is 10.0 Å². The second-order valence-corrected chi connectivity index (χ2v) is 14.1. The second kappa shape index (κ2) is 8.72. The predicted octanol–water partition coefficient (Wildman–Crippen LogP) is 3.39. The van der Waals surface area contributed by atoms with Crippen LogP contribution in [-0.4, -0.2) is 64.9 Å². The first kappa shape index (κ1) is 21.2. The fraction of sp³-hybridized carbons (Fsp3) is 0.750. The standard InChI is InChI=1S/C24H39N5OS/c1-18(27-16-25-14-20-7-5-11-26-20)28(2)23-15-29(17-31(23)12-13-31)24(30)22-8-4-3-6-19-9-10-21(19)22/h14,16,19,21-23,26H,1,3-13,15,17H2,2H3,(H,25,27)/b20-14-/t19?,21?,22?,23-/m1/s1. The van der Waals surface area contributed by atoms with Crippen molar-refractivity contribution in [3.8, 4) is 0 Å². The highest BCUT2D eigenvalue weighted by Gasteiger charge is 2.54. The molecule has 3 heterocycles. The number of allylic oxidation sites excluding steroid dienone is 1. The van der Waals surface area contributed by atoms with Crippen LogP contribution in [0.3, 0.4) is 0 Å². The topological polar surface area (TPSA) is 60.0 Å². The molecule has 1 spiro atoms. The molecule has 172 valence electrons. The first-order valence-electron chi connectivity index (χ1n) is 12.2. The molecule has 5 rings (SSSR count). The molecule has 0 radical (unpaired) electrons. The van der Waals surface area contributed by atoms with Gasteiger partial charge in [-0.05, 0) is 55.4 Å². The molecule has 0 aromatic heterocycles. The van der Waals surface area contributed by atoms with Gasteiger partial charge in [0.15, 0.2) is 0 Å². The normalized spacial score (nSPS) is 35.9. The molecule has 4 atom stereocenters. The van der Waals surface area contributed by atoms with Crippen molar-refractivity contribution in [3.63, 3.8) is 0 Å². The summed E-state index contributed by atoms with van der Waals surface area (Å²) in [6.45, 7) is 6.16. The van der Waals surface area contributed by atoms with E-state index in [4.69, 9.17) is 0 Å². The minimum Gasteiger partial charge on any atom is -0.387 e. The molecule has 2 saturated carbocycles. The Labute approximate surface area is 188 Å². The smallest absolute Gasteiger partial charge is 0.226 e. The van der Waals surface area contributed by atoms with Crippen molar-refractivity contribution in [2.75, 3.05) is 37.5 Å². The van der Waals surface area contributed by atoms with Gasteiger partial charge in [-0.2, -0.15) is 10.0 Å². The van der Waals surface area contributed by atoms with Gasteiger partial charge in [-0.1, -0.05) is 25.8 Å². The van der Waals surface area contributed by atoms with Gasteiger partial charge in [-0.15, -0.1) is 0 Å². The summed E-state index contributed by atoms with van der Waals surface area (Å²) in [6, 6.07) is 0. The quantitative estimate of drug-likeness (QED) is 0.374. The van der Waals surface area contributed by atoms with Crippen molar-refractivity contribution in [3.05, 3.63) is 24.3 Å². The molecule has 6 nitrogen and oxygen atoms in total. The lowest BCUT2D eigenvalue weighted by Gasteiger charge is -2.41. The number of hydrogen-bond donors (Lipinski definition) is 2. The Bertz CT molecular complexity index is 768. The molecular weight excluding hydrogens is 406 g/mol. The number of nitrogens with zero attached hydrogens (tertiary/aromatic N) is 3. The Morgan fingerprint density at radius 3 is 2.81 bits per heavy atom. The van der Waals surface area contributed by atoms with Crippen LogP contribution in [0.1, 0.15) is 51.4 Å². The molecule has 31 heavy (non-hydrogen) atoms. The summed E-state index contributed by atoms with van der Waals surface area (Å²) in [5.41, 5.74) is 1.24. The predicted molar refractivity (Wildman–Crippen MR) is 130 cm³/mol. The van der Waals surface area contributed by atoms with E-state index >= 15 is 0 Å². The lowest BCUT2D eigenvalue weighted by atomic mass is 9.66. The molecular formula is C24H39N5OS. The van der Waals surface area contributed by atoms with E-state index in [-0.39, 0.29) is 0 Å². The molecule has 5 fully saturated rings. The third-order valence-electron chi connectivity index (χ3n) is 8.42. The van der Waals surface area contributed by atoms with Gasteiger partial charge in [0.05, 0.1) is 17.6 Å². The highest BCUT2D eigenvalue weighted by molar-refractivity contribution is 8.40. The summed E-state index contributed by atoms with van der Waals surface area (Å²) in [5, 5.41) is 6.94. The first-order valence-corrected chi connectivity index (χ1v) is 14.4. The van der Waals surface area contributed by atoms with Gasteiger partial charge >= 0.3 is 0 Å². The summed E-state index contributed by atoms with van der Waals surface area (Å²) in [6.07, 6.45) is 13.7. The third kappa shape index (κ3) is 4.22. The number of hydrogen-bond acceptors (Lipinski definition) is 4. The minimum atomic E-state index is -0.726. The fourth-order valence-corrected chi connectivity index (χ4v) is 10.1. The van der Waals surface area contributed by atoms with Crippen molar-refractivity contribution in [1.82, 2.24) is 20.4 Å². The van der Waals surface area contributed by atoms with E-state index in [0.717, 1.165) is 43.5 Å². The minimum absolute atomic E-state index is 0.295. The molecule has 3 saturated heterocycles. The van der Waals surface area contributed by atoms with Crippen LogP contribution in [0.25, 0.3) is 0 Å². The summed E-state index contributed by atoms with van der Waals surface area (Å²) in [7, 11) is 1.40. The third-order valence-corrected chi connectivity index (χ3v) is 12.3. The largest absolute Gasteiger partial charge is 0.387 e. The number of nitrogens with one attached hydrogen (secondary N) is 2. The van der Waals surface area contributed by atoms with Gasteiger partial charge in [0.2, 0.25) is 5.91 Å². The molecule has 0 bridgehead atoms. The van der Waals surface area contributed by atoms with Gasteiger partial charge in [-0.25, -0.2) is 4.99 Å². The molecule has 5 aliphatic rings. The van der Waals surface area contributed by atoms with Crippen molar-refractivity contribution in [2.45, 2.75) is 56.7 Å². The second-order valence-electron chi connectivity index (χ2n) is 10.2. The number of aliphatic imine (C=N–C) groups is 1. The van der Waals surface area contributed by atoms with Crippen LogP contribution in [0, 0.1) is 17.8 Å². The van der Waals surface area contributed by atoms with Crippen LogP contribution in [0.5, 0.6) is 0 Å². The average molecular weight is 446 g/mol. The van der Waals surface area contributed by atoms with Gasteiger partial charge in [-0.3, -0.25) is 4.79 Å². The molecule has 3 aliphatic heterocycles. The summed E-state index contributed by atoms with van der Waals surface area (Å²) >= 11 is 0. The Morgan fingerprint density at radius 1 is 1.26 bits per heavy atom. The van der Waals surface area contributed by atoms with Gasteiger partial charge in [0.25, 0.3) is 0 Å². The van der Waals surface area contributed by atoms with Crippen molar-refractivity contribution >= 4 is 22.3 Å². The van der Waals surface area contributed by atoms with Crippen LogP contribution in [-0.2, 0) is 4.79 Å². The number of rotatable bonds is 6. The monoisotopic (exact) mass is 445 g/mol. The van der Waals surface area contributed by atoms with E-state index in [9.17, 15) is 4.79 Å². The lowest BCUT2D eigenvalue weighted by Crippen LogP contribution is -2.43. The van der Waals surface area contributed by atoms with Crippen molar-refractivity contribution in [2.24, 2.45) is 22.7 Å². The zero-order chi connectivity index (χ0) is 21.4. The van der Waals surface area contributed by atoms with Gasteiger partial charge in [0, 0.05) is 38.0 Å². The van der Waals surface area contributed by atoms with Gasteiger partial charge in [0.1, 0.15) is 5.82 Å². The maximum Gasteiger partial charge on any atom is 0.226 e. The number of carbonyl (C=O) groups is 1. The Balaban J connectivity index is 1.19. The van der Waals surface area contributed by atoms with E-state index in [2.05, 4.69) is 39.1 Å². The molecule has 1 amide bonds. The van der Waals surface area contributed by atoms with Crippen LogP contribution in [0.4, 0.5) is 0 Å².